The molecule has 0 bridgehead atoms. The van der Waals surface area contributed by atoms with Gasteiger partial charge in [-0.2, -0.15) is 0 Å². The fraction of sp³-hybridized carbons (Fsp3) is 0.273. The maximum absolute atomic E-state index is 3.58. The first-order chi connectivity index (χ1) is 6.09. The molecule has 2 rings (SSSR count). The maximum atomic E-state index is 3.58. The smallest absolute Gasteiger partial charge is 0.0740 e. The summed E-state index contributed by atoms with van der Waals surface area (Å²) >= 11 is 5.39. The minimum atomic E-state index is 1.26. The fourth-order valence-electron chi connectivity index (χ4n) is 1.45. The lowest BCUT2D eigenvalue weighted by Crippen LogP contribution is -1.79. The molecule has 13 heavy (non-hydrogen) atoms. The normalized spacial score (nSPS) is 11.1. The van der Waals surface area contributed by atoms with Crippen LogP contribution in [0.1, 0.15) is 16.7 Å². The van der Waals surface area contributed by atoms with E-state index in [9.17, 15) is 0 Å². The molecule has 0 N–H and O–H groups in total. The molecule has 0 saturated heterocycles. The highest BCUT2D eigenvalue weighted by Crippen LogP contribution is 2.35. The van der Waals surface area contributed by atoms with Gasteiger partial charge in [0, 0.05) is 4.70 Å². The molecular formula is C11H11BrS. The topological polar surface area (TPSA) is 0 Å². The minimum absolute atomic E-state index is 1.26. The number of aryl methyl sites for hydroxylation is 3. The Balaban J connectivity index is 2.89. The second kappa shape index (κ2) is 3.10. The van der Waals surface area contributed by atoms with Crippen LogP contribution in [0.5, 0.6) is 0 Å². The lowest BCUT2D eigenvalue weighted by Gasteiger charge is -1.99. The Bertz CT molecular complexity index is 468. The molecule has 68 valence electrons. The van der Waals surface area contributed by atoms with Gasteiger partial charge in [0.05, 0.1) is 3.79 Å². The first-order valence-electron chi connectivity index (χ1n) is 4.25. The van der Waals surface area contributed by atoms with Crippen LogP contribution >= 0.6 is 27.3 Å². The number of halogens is 1. The van der Waals surface area contributed by atoms with E-state index < -0.39 is 0 Å². The predicted molar refractivity (Wildman–Crippen MR) is 63.7 cm³/mol. The Kier molecular flexibility index (Phi) is 2.20. The quantitative estimate of drug-likeness (QED) is 0.645. The molecule has 0 radical (unpaired) electrons. The number of thiophene rings is 1. The molecule has 0 aliphatic heterocycles. The molecule has 0 saturated carbocycles. The van der Waals surface area contributed by atoms with E-state index >= 15 is 0 Å². The van der Waals surface area contributed by atoms with Crippen molar-refractivity contribution in [2.75, 3.05) is 0 Å². The molecular weight excluding hydrogens is 244 g/mol. The van der Waals surface area contributed by atoms with E-state index in [1.54, 1.807) is 0 Å². The molecule has 0 spiro atoms. The summed E-state index contributed by atoms with van der Waals surface area (Å²) < 4.78 is 2.64. The van der Waals surface area contributed by atoms with E-state index in [0.29, 0.717) is 0 Å². The summed E-state index contributed by atoms with van der Waals surface area (Å²) in [5.74, 6) is 0. The van der Waals surface area contributed by atoms with E-state index in [1.807, 2.05) is 11.3 Å². The van der Waals surface area contributed by atoms with Crippen LogP contribution in [-0.2, 0) is 0 Å². The van der Waals surface area contributed by atoms with Crippen molar-refractivity contribution in [3.05, 3.63) is 32.6 Å². The fourth-order valence-corrected chi connectivity index (χ4v) is 3.20. The van der Waals surface area contributed by atoms with Gasteiger partial charge in [0.1, 0.15) is 0 Å². The molecule has 1 aromatic heterocycles. The summed E-state index contributed by atoms with van der Waals surface area (Å²) in [4.78, 5) is 0. The number of fused-ring (bicyclic) bond motifs is 1. The molecule has 0 atom stereocenters. The Hall–Kier alpha value is -0.340. The third-order valence-electron chi connectivity index (χ3n) is 2.49. The standard InChI is InChI=1S/C11H11BrS/c1-6-4-9-8(3)11(12)13-10(9)5-7(6)2/h4-5H,1-3H3. The van der Waals surface area contributed by atoms with Crippen molar-refractivity contribution < 1.29 is 0 Å². The summed E-state index contributed by atoms with van der Waals surface area (Å²) in [5, 5.41) is 1.39. The van der Waals surface area contributed by atoms with E-state index in [0.717, 1.165) is 0 Å². The van der Waals surface area contributed by atoms with Crippen LogP contribution in [0.3, 0.4) is 0 Å². The average molecular weight is 255 g/mol. The SMILES string of the molecule is Cc1cc2sc(Br)c(C)c2cc1C. The number of benzene rings is 1. The Morgan fingerprint density at radius 1 is 1.08 bits per heavy atom. The first-order valence-corrected chi connectivity index (χ1v) is 5.86. The molecule has 0 aliphatic rings. The maximum Gasteiger partial charge on any atom is 0.0740 e. The van der Waals surface area contributed by atoms with Crippen molar-refractivity contribution in [1.82, 2.24) is 0 Å². The van der Waals surface area contributed by atoms with Gasteiger partial charge in [0.25, 0.3) is 0 Å². The zero-order valence-corrected chi connectivity index (χ0v) is 10.3. The molecule has 1 heterocycles. The lowest BCUT2D eigenvalue weighted by molar-refractivity contribution is 1.37. The van der Waals surface area contributed by atoms with E-state index in [2.05, 4.69) is 48.8 Å². The van der Waals surface area contributed by atoms with E-state index in [-0.39, 0.29) is 0 Å². The molecule has 0 fully saturated rings. The first kappa shape index (κ1) is 9.22. The summed E-state index contributed by atoms with van der Waals surface area (Å²) in [7, 11) is 0. The van der Waals surface area contributed by atoms with Gasteiger partial charge < -0.3 is 0 Å². The summed E-state index contributed by atoms with van der Waals surface area (Å²) in [6.45, 7) is 6.50. The van der Waals surface area contributed by atoms with Crippen molar-refractivity contribution in [3.63, 3.8) is 0 Å². The number of rotatable bonds is 0. The van der Waals surface area contributed by atoms with Crippen LogP contribution < -0.4 is 0 Å². The second-order valence-corrected chi connectivity index (χ2v) is 5.80. The lowest BCUT2D eigenvalue weighted by atomic mass is 10.1. The van der Waals surface area contributed by atoms with Gasteiger partial charge in [-0.25, -0.2) is 0 Å². The molecule has 0 nitrogen and oxygen atoms in total. The molecule has 0 amide bonds. The second-order valence-electron chi connectivity index (χ2n) is 3.43. The van der Waals surface area contributed by atoms with Crippen LogP contribution in [0, 0.1) is 20.8 Å². The van der Waals surface area contributed by atoms with Crippen molar-refractivity contribution in [2.45, 2.75) is 20.8 Å². The van der Waals surface area contributed by atoms with Gasteiger partial charge in [-0.3, -0.25) is 0 Å². The predicted octanol–water partition coefficient (Wildman–Crippen LogP) is 4.59. The summed E-state index contributed by atoms with van der Waals surface area (Å²) in [6, 6.07) is 4.55. The highest BCUT2D eigenvalue weighted by molar-refractivity contribution is 9.11. The number of hydrogen-bond donors (Lipinski definition) is 0. The third-order valence-corrected chi connectivity index (χ3v) is 4.62. The highest BCUT2D eigenvalue weighted by Gasteiger charge is 2.06. The Morgan fingerprint density at radius 2 is 1.69 bits per heavy atom. The van der Waals surface area contributed by atoms with Gasteiger partial charge in [0.15, 0.2) is 0 Å². The molecule has 1 aromatic carbocycles. The molecule has 2 aromatic rings. The van der Waals surface area contributed by atoms with Crippen LogP contribution in [0.2, 0.25) is 0 Å². The Morgan fingerprint density at radius 3 is 2.38 bits per heavy atom. The van der Waals surface area contributed by atoms with Crippen LogP contribution in [-0.4, -0.2) is 0 Å². The van der Waals surface area contributed by atoms with Crippen LogP contribution in [0.15, 0.2) is 15.9 Å². The van der Waals surface area contributed by atoms with Crippen molar-refractivity contribution in [2.24, 2.45) is 0 Å². The average Bonchev–Trinajstić information content (AvgIpc) is 2.32. The van der Waals surface area contributed by atoms with Crippen LogP contribution in [0.4, 0.5) is 0 Å². The van der Waals surface area contributed by atoms with Gasteiger partial charge in [-0.15, -0.1) is 11.3 Å². The monoisotopic (exact) mass is 254 g/mol. The summed E-state index contributed by atoms with van der Waals surface area (Å²) in [6.07, 6.45) is 0. The molecule has 2 heteroatoms. The number of hydrogen-bond acceptors (Lipinski definition) is 1. The minimum Gasteiger partial charge on any atom is -0.128 e. The van der Waals surface area contributed by atoms with Gasteiger partial charge in [-0.05, 0) is 64.8 Å². The Labute approximate surface area is 90.7 Å². The van der Waals surface area contributed by atoms with E-state index in [1.165, 1.54) is 30.6 Å². The van der Waals surface area contributed by atoms with E-state index in [4.69, 9.17) is 0 Å². The zero-order valence-electron chi connectivity index (χ0n) is 7.94. The van der Waals surface area contributed by atoms with Crippen molar-refractivity contribution >= 4 is 37.4 Å². The molecule has 0 unspecified atom stereocenters. The molecule has 0 aliphatic carbocycles. The highest BCUT2D eigenvalue weighted by atomic mass is 79.9. The van der Waals surface area contributed by atoms with Crippen molar-refractivity contribution in [1.29, 1.82) is 0 Å². The summed E-state index contributed by atoms with van der Waals surface area (Å²) in [5.41, 5.74) is 4.12. The zero-order chi connectivity index (χ0) is 9.59. The van der Waals surface area contributed by atoms with Crippen LogP contribution in [0.25, 0.3) is 10.1 Å². The van der Waals surface area contributed by atoms with Gasteiger partial charge in [0.2, 0.25) is 0 Å². The van der Waals surface area contributed by atoms with Gasteiger partial charge >= 0.3 is 0 Å². The van der Waals surface area contributed by atoms with Gasteiger partial charge in [-0.1, -0.05) is 6.07 Å². The largest absolute Gasteiger partial charge is 0.128 e. The third kappa shape index (κ3) is 1.42. The van der Waals surface area contributed by atoms with Crippen molar-refractivity contribution in [3.8, 4) is 0 Å².